The van der Waals surface area contributed by atoms with Crippen molar-refractivity contribution in [3.8, 4) is 0 Å². The Hall–Kier alpha value is -1.71. The lowest BCUT2D eigenvalue weighted by Crippen LogP contribution is -2.11. The van der Waals surface area contributed by atoms with Crippen molar-refractivity contribution < 1.29 is 0 Å². The van der Waals surface area contributed by atoms with Crippen LogP contribution in [0.15, 0.2) is 39.4 Å². The van der Waals surface area contributed by atoms with E-state index in [9.17, 15) is 0 Å². The van der Waals surface area contributed by atoms with Gasteiger partial charge in [-0.1, -0.05) is 6.58 Å². The lowest BCUT2D eigenvalue weighted by Gasteiger charge is -2.11. The molecule has 0 radical (unpaired) electrons. The highest BCUT2D eigenvalue weighted by atomic mass is 15.3. The first kappa shape index (κ1) is 6.97. The molecule has 2 aliphatic rings. The molecule has 0 N–H and O–H groups in total. The number of aliphatic imine (C=N–C) groups is 3. The molecule has 0 fully saturated rings. The molecule has 0 aromatic carbocycles. The Morgan fingerprint density at radius 1 is 1.33 bits per heavy atom. The molecule has 0 aromatic heterocycles. The lowest BCUT2D eigenvalue weighted by molar-refractivity contribution is 0.547. The average Bonchev–Trinajstić information content (AvgIpc) is 2.74. The summed E-state index contributed by atoms with van der Waals surface area (Å²) < 4.78 is 0. The predicted molar refractivity (Wildman–Crippen MR) is 49.4 cm³/mol. The summed E-state index contributed by atoms with van der Waals surface area (Å²) in [5, 5.41) is 0. The fourth-order valence-corrected chi connectivity index (χ4v) is 1.08. The summed E-state index contributed by atoms with van der Waals surface area (Å²) >= 11 is 0. The molecule has 0 aliphatic carbocycles. The normalized spacial score (nSPS) is 19.8. The standard InChI is InChI=1S/C8H8N4/c1-2-12-6-5-11-8(12)7-9-3-4-10-7/h2-5H,1,6H2. The van der Waals surface area contributed by atoms with Crippen LogP contribution in [0, 0.1) is 0 Å². The third kappa shape index (κ3) is 0.972. The third-order valence-electron chi connectivity index (χ3n) is 1.64. The van der Waals surface area contributed by atoms with Gasteiger partial charge in [0.25, 0.3) is 0 Å². The molecule has 4 nitrogen and oxygen atoms in total. The summed E-state index contributed by atoms with van der Waals surface area (Å²) in [6.07, 6.45) is 6.83. The van der Waals surface area contributed by atoms with Crippen LogP contribution in [0.25, 0.3) is 0 Å². The Morgan fingerprint density at radius 2 is 2.08 bits per heavy atom. The van der Waals surface area contributed by atoms with E-state index in [1.54, 1.807) is 18.6 Å². The number of hydrogen-bond donors (Lipinski definition) is 0. The van der Waals surface area contributed by atoms with Crippen LogP contribution in [-0.2, 0) is 0 Å². The molecule has 0 aromatic rings. The first-order valence-electron chi connectivity index (χ1n) is 3.64. The molecular weight excluding hydrogens is 152 g/mol. The van der Waals surface area contributed by atoms with Gasteiger partial charge in [-0.05, 0) is 6.20 Å². The van der Waals surface area contributed by atoms with Crippen LogP contribution in [0.1, 0.15) is 0 Å². The van der Waals surface area contributed by atoms with Crippen LogP contribution in [0.5, 0.6) is 0 Å². The molecule has 2 heterocycles. The highest BCUT2D eigenvalue weighted by molar-refractivity contribution is 6.18. The van der Waals surface area contributed by atoms with E-state index in [2.05, 4.69) is 21.6 Å². The topological polar surface area (TPSA) is 40.3 Å². The molecule has 12 heavy (non-hydrogen) atoms. The van der Waals surface area contributed by atoms with Gasteiger partial charge in [-0.25, -0.2) is 15.0 Å². The minimum atomic E-state index is 0.656. The predicted octanol–water partition coefficient (Wildman–Crippen LogP) is 0.798. The van der Waals surface area contributed by atoms with Gasteiger partial charge in [0, 0.05) is 18.6 Å². The van der Waals surface area contributed by atoms with Gasteiger partial charge >= 0.3 is 0 Å². The Balaban J connectivity index is 2.38. The smallest absolute Gasteiger partial charge is 0.195 e. The maximum absolute atomic E-state index is 4.15. The van der Waals surface area contributed by atoms with E-state index in [1.807, 2.05) is 11.1 Å². The monoisotopic (exact) mass is 160 g/mol. The largest absolute Gasteiger partial charge is 0.325 e. The molecule has 2 rings (SSSR count). The van der Waals surface area contributed by atoms with Crippen molar-refractivity contribution >= 4 is 18.6 Å². The zero-order chi connectivity index (χ0) is 8.39. The fourth-order valence-electron chi connectivity index (χ4n) is 1.08. The summed E-state index contributed by atoms with van der Waals surface area (Å²) in [6.45, 7) is 4.43. The minimum absolute atomic E-state index is 0.656. The van der Waals surface area contributed by atoms with Gasteiger partial charge in [0.05, 0.1) is 6.54 Å². The first-order valence-corrected chi connectivity index (χ1v) is 3.64. The molecule has 0 atom stereocenters. The zero-order valence-electron chi connectivity index (χ0n) is 6.51. The maximum atomic E-state index is 4.15. The van der Waals surface area contributed by atoms with Crippen LogP contribution in [-0.4, -0.2) is 30.1 Å². The molecule has 2 aliphatic heterocycles. The van der Waals surface area contributed by atoms with Gasteiger partial charge in [0.2, 0.25) is 0 Å². The van der Waals surface area contributed by atoms with E-state index in [4.69, 9.17) is 0 Å². The Labute approximate surface area is 70.3 Å². The minimum Gasteiger partial charge on any atom is -0.325 e. The van der Waals surface area contributed by atoms with E-state index in [0.717, 1.165) is 12.4 Å². The maximum Gasteiger partial charge on any atom is 0.195 e. The van der Waals surface area contributed by atoms with Gasteiger partial charge in [0.15, 0.2) is 11.6 Å². The van der Waals surface area contributed by atoms with Crippen molar-refractivity contribution in [2.75, 3.05) is 6.54 Å². The van der Waals surface area contributed by atoms with Gasteiger partial charge in [-0.3, -0.25) is 0 Å². The first-order chi connectivity index (χ1) is 5.92. The molecule has 0 saturated carbocycles. The average molecular weight is 160 g/mol. The van der Waals surface area contributed by atoms with Crippen molar-refractivity contribution in [3.05, 3.63) is 24.4 Å². The fraction of sp³-hybridized carbons (Fsp3) is 0.125. The number of rotatable bonds is 1. The lowest BCUT2D eigenvalue weighted by atomic mass is 10.5. The van der Waals surface area contributed by atoms with Gasteiger partial charge < -0.3 is 4.90 Å². The van der Waals surface area contributed by atoms with Crippen molar-refractivity contribution in [3.63, 3.8) is 0 Å². The molecular formula is C8H8N4. The SMILES string of the molecule is C=CN1CC=NC1=C1N=CC=N1. The second-order valence-corrected chi connectivity index (χ2v) is 2.35. The third-order valence-corrected chi connectivity index (χ3v) is 1.64. The Morgan fingerprint density at radius 3 is 2.75 bits per heavy atom. The van der Waals surface area contributed by atoms with Crippen molar-refractivity contribution in [2.45, 2.75) is 0 Å². The van der Waals surface area contributed by atoms with Crippen LogP contribution >= 0.6 is 0 Å². The van der Waals surface area contributed by atoms with Crippen molar-refractivity contribution in [1.29, 1.82) is 0 Å². The van der Waals surface area contributed by atoms with E-state index in [0.29, 0.717) is 5.82 Å². The summed E-state index contributed by atoms with van der Waals surface area (Å²) in [7, 11) is 0. The van der Waals surface area contributed by atoms with Crippen molar-refractivity contribution in [1.82, 2.24) is 4.90 Å². The number of hydrogen-bond acceptors (Lipinski definition) is 4. The Kier molecular flexibility index (Phi) is 1.59. The van der Waals surface area contributed by atoms with Gasteiger partial charge in [-0.15, -0.1) is 0 Å². The molecule has 0 bridgehead atoms. The molecule has 0 spiro atoms. The molecule has 60 valence electrons. The van der Waals surface area contributed by atoms with Crippen LogP contribution < -0.4 is 0 Å². The van der Waals surface area contributed by atoms with E-state index in [-0.39, 0.29) is 0 Å². The summed E-state index contributed by atoms with van der Waals surface area (Å²) in [4.78, 5) is 14.1. The molecule has 4 heteroatoms. The van der Waals surface area contributed by atoms with E-state index >= 15 is 0 Å². The van der Waals surface area contributed by atoms with Gasteiger partial charge in [-0.2, -0.15) is 0 Å². The molecule has 0 amide bonds. The molecule has 0 unspecified atom stereocenters. The van der Waals surface area contributed by atoms with Crippen LogP contribution in [0.4, 0.5) is 0 Å². The van der Waals surface area contributed by atoms with Gasteiger partial charge in [0.1, 0.15) is 0 Å². The van der Waals surface area contributed by atoms with Crippen LogP contribution in [0.2, 0.25) is 0 Å². The summed E-state index contributed by atoms with van der Waals surface area (Å²) in [5.41, 5.74) is 0. The highest BCUT2D eigenvalue weighted by Gasteiger charge is 2.15. The summed E-state index contributed by atoms with van der Waals surface area (Å²) in [5.74, 6) is 1.43. The molecule has 0 saturated heterocycles. The summed E-state index contributed by atoms with van der Waals surface area (Å²) in [6, 6.07) is 0. The quantitative estimate of drug-likeness (QED) is 0.559. The zero-order valence-corrected chi connectivity index (χ0v) is 6.51. The Bertz CT molecular complexity index is 308. The second kappa shape index (κ2) is 2.73. The van der Waals surface area contributed by atoms with Crippen molar-refractivity contribution in [2.24, 2.45) is 15.0 Å². The second-order valence-electron chi connectivity index (χ2n) is 2.35. The van der Waals surface area contributed by atoms with Crippen LogP contribution in [0.3, 0.4) is 0 Å². The van der Waals surface area contributed by atoms with E-state index < -0.39 is 0 Å². The highest BCUT2D eigenvalue weighted by Crippen LogP contribution is 2.18. The number of nitrogens with zero attached hydrogens (tertiary/aromatic N) is 4. The van der Waals surface area contributed by atoms with E-state index in [1.165, 1.54) is 0 Å².